The van der Waals surface area contributed by atoms with E-state index in [1.165, 1.54) is 6.07 Å². The molecule has 0 amide bonds. The Labute approximate surface area is 122 Å². The summed E-state index contributed by atoms with van der Waals surface area (Å²) in [5.41, 5.74) is 2.89. The summed E-state index contributed by atoms with van der Waals surface area (Å²) in [4.78, 5) is 10.8. The fourth-order valence-electron chi connectivity index (χ4n) is 2.16. The normalized spacial score (nSPS) is 10.0. The molecule has 21 heavy (non-hydrogen) atoms. The summed E-state index contributed by atoms with van der Waals surface area (Å²) in [6.07, 6.45) is 0.782. The molecule has 0 heterocycles. The third kappa shape index (κ3) is 3.26. The second kappa shape index (κ2) is 6.19. The fourth-order valence-corrected chi connectivity index (χ4v) is 2.16. The Morgan fingerprint density at radius 3 is 2.43 bits per heavy atom. The Hall–Kier alpha value is -2.67. The van der Waals surface area contributed by atoms with Crippen molar-refractivity contribution in [2.75, 3.05) is 0 Å². The Morgan fingerprint density at radius 2 is 1.90 bits per heavy atom. The number of rotatable bonds is 4. The number of nitrogens with zero attached hydrogens (tertiary/aromatic N) is 1. The molecule has 3 nitrogen and oxygen atoms in total. The number of carbonyl (C=O) groups excluding carboxylic acids is 1. The van der Waals surface area contributed by atoms with Gasteiger partial charge in [-0.3, -0.25) is 4.79 Å². The smallest absolute Gasteiger partial charge is 0.150 e. The number of carbonyl (C=O) groups is 1. The monoisotopic (exact) mass is 283 g/mol. The molecule has 2 aromatic carbocycles. The molecule has 0 saturated carbocycles. The fraction of sp³-hybridized carbons (Fsp3) is 0.176. The van der Waals surface area contributed by atoms with E-state index in [2.05, 4.69) is 0 Å². The van der Waals surface area contributed by atoms with E-state index in [1.807, 2.05) is 19.9 Å². The van der Waals surface area contributed by atoms with Gasteiger partial charge in [0, 0.05) is 11.1 Å². The van der Waals surface area contributed by atoms with Crippen molar-refractivity contribution in [2.24, 2.45) is 0 Å². The topological polar surface area (TPSA) is 50.1 Å². The summed E-state index contributed by atoms with van der Waals surface area (Å²) >= 11 is 0. The van der Waals surface area contributed by atoms with Gasteiger partial charge in [0.2, 0.25) is 0 Å². The van der Waals surface area contributed by atoms with E-state index in [0.29, 0.717) is 16.9 Å². The van der Waals surface area contributed by atoms with Gasteiger partial charge in [0.1, 0.15) is 24.5 Å². The van der Waals surface area contributed by atoms with Gasteiger partial charge in [-0.25, -0.2) is 4.39 Å². The summed E-state index contributed by atoms with van der Waals surface area (Å²) in [6.45, 7) is 3.74. The average Bonchev–Trinajstić information content (AvgIpc) is 2.47. The maximum atomic E-state index is 13.8. The predicted molar refractivity (Wildman–Crippen MR) is 76.8 cm³/mol. The van der Waals surface area contributed by atoms with Gasteiger partial charge in [-0.15, -0.1) is 0 Å². The molecule has 0 bridgehead atoms. The van der Waals surface area contributed by atoms with E-state index in [9.17, 15) is 9.18 Å². The molecule has 0 aromatic heterocycles. The van der Waals surface area contributed by atoms with Gasteiger partial charge in [0.05, 0.1) is 11.6 Å². The molecular formula is C17H14FNO2. The van der Waals surface area contributed by atoms with Crippen LogP contribution in [0.3, 0.4) is 0 Å². The van der Waals surface area contributed by atoms with Gasteiger partial charge in [0.15, 0.2) is 0 Å². The Morgan fingerprint density at radius 1 is 1.24 bits per heavy atom. The van der Waals surface area contributed by atoms with E-state index in [-0.39, 0.29) is 12.2 Å². The van der Waals surface area contributed by atoms with Crippen LogP contribution in [0.2, 0.25) is 0 Å². The Balaban J connectivity index is 2.21. The van der Waals surface area contributed by atoms with Crippen molar-refractivity contribution in [1.29, 1.82) is 5.26 Å². The van der Waals surface area contributed by atoms with Crippen molar-refractivity contribution >= 4 is 6.29 Å². The summed E-state index contributed by atoms with van der Waals surface area (Å²) in [5, 5.41) is 8.71. The molecular weight excluding hydrogens is 269 g/mol. The molecule has 2 aromatic rings. The zero-order valence-electron chi connectivity index (χ0n) is 11.8. The van der Waals surface area contributed by atoms with Crippen LogP contribution in [-0.4, -0.2) is 6.29 Å². The van der Waals surface area contributed by atoms with Crippen LogP contribution < -0.4 is 4.74 Å². The van der Waals surface area contributed by atoms with Crippen LogP contribution in [0.4, 0.5) is 4.39 Å². The molecule has 0 saturated heterocycles. The highest BCUT2D eigenvalue weighted by Gasteiger charge is 2.09. The minimum absolute atomic E-state index is 0.0691. The highest BCUT2D eigenvalue weighted by Crippen LogP contribution is 2.25. The predicted octanol–water partition coefficient (Wildman–Crippen LogP) is 3.71. The highest BCUT2D eigenvalue weighted by atomic mass is 19.1. The van der Waals surface area contributed by atoms with E-state index >= 15 is 0 Å². The van der Waals surface area contributed by atoms with Crippen molar-refractivity contribution < 1.29 is 13.9 Å². The molecule has 0 atom stereocenters. The first-order valence-corrected chi connectivity index (χ1v) is 6.43. The maximum absolute atomic E-state index is 13.8. The van der Waals surface area contributed by atoms with Gasteiger partial charge >= 0.3 is 0 Å². The van der Waals surface area contributed by atoms with E-state index in [4.69, 9.17) is 10.00 Å². The van der Waals surface area contributed by atoms with E-state index in [1.54, 1.807) is 24.3 Å². The lowest BCUT2D eigenvalue weighted by molar-refractivity contribution is 0.112. The first kappa shape index (κ1) is 14.7. The quantitative estimate of drug-likeness (QED) is 0.804. The molecule has 0 unspecified atom stereocenters. The molecule has 4 heteroatoms. The number of ether oxygens (including phenoxy) is 1. The summed E-state index contributed by atoms with van der Waals surface area (Å²) in [7, 11) is 0. The molecule has 0 fully saturated rings. The molecule has 0 radical (unpaired) electrons. The number of nitriles is 1. The number of aryl methyl sites for hydroxylation is 2. The molecule has 2 rings (SSSR count). The molecule has 0 spiro atoms. The SMILES string of the molecule is Cc1cc(C=O)cc(C)c1OCc1ccc(C#N)cc1F. The number of aldehydes is 1. The van der Waals surface area contributed by atoms with Crippen LogP contribution in [0.1, 0.15) is 32.6 Å². The van der Waals surface area contributed by atoms with Gasteiger partial charge < -0.3 is 4.74 Å². The van der Waals surface area contributed by atoms with Crippen molar-refractivity contribution in [3.63, 3.8) is 0 Å². The lowest BCUT2D eigenvalue weighted by Gasteiger charge is -2.13. The number of hydrogen-bond acceptors (Lipinski definition) is 3. The van der Waals surface area contributed by atoms with E-state index < -0.39 is 5.82 Å². The minimum atomic E-state index is -0.464. The molecule has 0 aliphatic heterocycles. The van der Waals surface area contributed by atoms with Crippen LogP contribution in [-0.2, 0) is 6.61 Å². The van der Waals surface area contributed by atoms with Gasteiger partial charge in [0.25, 0.3) is 0 Å². The van der Waals surface area contributed by atoms with Crippen molar-refractivity contribution in [3.05, 3.63) is 64.0 Å². The van der Waals surface area contributed by atoms with Gasteiger partial charge in [-0.2, -0.15) is 5.26 Å². The zero-order chi connectivity index (χ0) is 15.4. The van der Waals surface area contributed by atoms with Crippen LogP contribution in [0, 0.1) is 31.0 Å². The minimum Gasteiger partial charge on any atom is -0.488 e. The summed E-state index contributed by atoms with van der Waals surface area (Å²) in [5.74, 6) is 0.179. The zero-order valence-corrected chi connectivity index (χ0v) is 11.8. The Kier molecular flexibility index (Phi) is 4.34. The van der Waals surface area contributed by atoms with Gasteiger partial charge in [-0.05, 0) is 49.2 Å². The third-order valence-electron chi connectivity index (χ3n) is 3.17. The first-order valence-electron chi connectivity index (χ1n) is 6.43. The molecule has 106 valence electrons. The number of hydrogen-bond donors (Lipinski definition) is 0. The maximum Gasteiger partial charge on any atom is 0.150 e. The van der Waals surface area contributed by atoms with Crippen LogP contribution in [0.25, 0.3) is 0 Å². The summed E-state index contributed by atoms with van der Waals surface area (Å²) in [6, 6.07) is 9.62. The second-order valence-electron chi connectivity index (χ2n) is 4.81. The van der Waals surface area contributed by atoms with Crippen LogP contribution >= 0.6 is 0 Å². The van der Waals surface area contributed by atoms with Crippen LogP contribution in [0.15, 0.2) is 30.3 Å². The lowest BCUT2D eigenvalue weighted by Crippen LogP contribution is -2.02. The van der Waals surface area contributed by atoms with Gasteiger partial charge in [-0.1, -0.05) is 6.07 Å². The molecule has 0 N–H and O–H groups in total. The van der Waals surface area contributed by atoms with Crippen molar-refractivity contribution in [3.8, 4) is 11.8 Å². The third-order valence-corrected chi connectivity index (χ3v) is 3.17. The number of benzene rings is 2. The van der Waals surface area contributed by atoms with E-state index in [0.717, 1.165) is 17.4 Å². The number of halogens is 1. The van der Waals surface area contributed by atoms with Crippen molar-refractivity contribution in [1.82, 2.24) is 0 Å². The Bertz CT molecular complexity index is 709. The van der Waals surface area contributed by atoms with Crippen molar-refractivity contribution in [2.45, 2.75) is 20.5 Å². The summed E-state index contributed by atoms with van der Waals surface area (Å²) < 4.78 is 19.5. The standard InChI is InChI=1S/C17H14FNO2/c1-11-5-14(9-20)6-12(2)17(11)21-10-15-4-3-13(8-19)7-16(15)18/h3-7,9H,10H2,1-2H3. The highest BCUT2D eigenvalue weighted by molar-refractivity contribution is 5.76. The molecule has 0 aliphatic carbocycles. The first-order chi connectivity index (χ1) is 10.0. The lowest BCUT2D eigenvalue weighted by atomic mass is 10.1. The average molecular weight is 283 g/mol. The molecule has 0 aliphatic rings. The largest absolute Gasteiger partial charge is 0.488 e. The second-order valence-corrected chi connectivity index (χ2v) is 4.81. The van der Waals surface area contributed by atoms with Crippen LogP contribution in [0.5, 0.6) is 5.75 Å².